The summed E-state index contributed by atoms with van der Waals surface area (Å²) >= 11 is 8.21. The molecule has 0 radical (unpaired) electrons. The Morgan fingerprint density at radius 2 is 1.87 bits per heavy atom. The van der Waals surface area contributed by atoms with E-state index in [4.69, 9.17) is 16.6 Å². The lowest BCUT2D eigenvalue weighted by molar-refractivity contribution is 0.589. The third-order valence-electron chi connectivity index (χ3n) is 6.72. The molecule has 0 spiro atoms. The Balaban J connectivity index is 1.31. The quantitative estimate of drug-likeness (QED) is 0.296. The summed E-state index contributed by atoms with van der Waals surface area (Å²) in [6.45, 7) is 6.39. The molecule has 38 heavy (non-hydrogen) atoms. The summed E-state index contributed by atoms with van der Waals surface area (Å²) in [5.41, 5.74) is 6.48. The third-order valence-corrected chi connectivity index (χ3v) is 7.86. The van der Waals surface area contributed by atoms with Crippen molar-refractivity contribution in [2.24, 2.45) is 0 Å². The molecule has 10 heteroatoms. The number of rotatable bonds is 6. The molecule has 0 saturated carbocycles. The van der Waals surface area contributed by atoms with Gasteiger partial charge in [0.1, 0.15) is 5.65 Å². The molecule has 1 saturated heterocycles. The first-order valence-corrected chi connectivity index (χ1v) is 13.8. The Morgan fingerprint density at radius 3 is 2.58 bits per heavy atom. The number of nitrogens with one attached hydrogen (secondary N) is 2. The number of pyridine rings is 1. The Kier molecular flexibility index (Phi) is 6.80. The average Bonchev–Trinajstić information content (AvgIpc) is 3.49. The van der Waals surface area contributed by atoms with E-state index in [9.17, 15) is 4.79 Å². The van der Waals surface area contributed by atoms with Crippen LogP contribution in [-0.4, -0.2) is 45.7 Å². The van der Waals surface area contributed by atoms with Gasteiger partial charge in [0.15, 0.2) is 0 Å². The van der Waals surface area contributed by atoms with Crippen LogP contribution in [0.4, 0.5) is 17.3 Å². The van der Waals surface area contributed by atoms with E-state index in [1.54, 1.807) is 33.8 Å². The highest BCUT2D eigenvalue weighted by Gasteiger charge is 2.16. The highest BCUT2D eigenvalue weighted by atomic mass is 35.5. The van der Waals surface area contributed by atoms with Gasteiger partial charge in [0.2, 0.25) is 5.95 Å². The van der Waals surface area contributed by atoms with Crippen molar-refractivity contribution in [2.75, 3.05) is 36.4 Å². The molecule has 5 aromatic rings. The molecule has 0 amide bonds. The standard InChI is InChI=1S/C28H26ClN7OS/c1-2-36-26-19(13-23(27(36)37)22-8-3-18(14-24(22)29)25-16-31-17-38-25)15-32-28(34-26)33-20-4-6-21(7-5-20)35-11-9-30-10-12-35/h3-8,13-17,30H,2,9-12H2,1H3,(H,32,33,34). The average molecular weight is 544 g/mol. The van der Waals surface area contributed by atoms with E-state index in [-0.39, 0.29) is 5.56 Å². The van der Waals surface area contributed by atoms with Gasteiger partial charge in [-0.2, -0.15) is 4.98 Å². The molecule has 4 heterocycles. The van der Waals surface area contributed by atoms with Crippen molar-refractivity contribution < 1.29 is 0 Å². The van der Waals surface area contributed by atoms with Crippen molar-refractivity contribution in [1.82, 2.24) is 24.8 Å². The van der Waals surface area contributed by atoms with Crippen LogP contribution in [0.2, 0.25) is 5.02 Å². The lowest BCUT2D eigenvalue weighted by atomic mass is 10.0. The van der Waals surface area contributed by atoms with Gasteiger partial charge < -0.3 is 15.5 Å². The van der Waals surface area contributed by atoms with Crippen LogP contribution in [-0.2, 0) is 6.54 Å². The minimum absolute atomic E-state index is 0.141. The van der Waals surface area contributed by atoms with E-state index in [1.807, 2.05) is 43.3 Å². The minimum atomic E-state index is -0.141. The van der Waals surface area contributed by atoms with Crippen LogP contribution in [0.15, 0.2) is 71.2 Å². The molecule has 8 nitrogen and oxygen atoms in total. The number of halogens is 1. The number of aryl methyl sites for hydroxylation is 1. The van der Waals surface area contributed by atoms with Crippen LogP contribution in [0.1, 0.15) is 6.92 Å². The number of nitrogens with zero attached hydrogens (tertiary/aromatic N) is 5. The van der Waals surface area contributed by atoms with E-state index in [0.29, 0.717) is 34.3 Å². The molecule has 0 aliphatic carbocycles. The Labute approximate surface area is 229 Å². The lowest BCUT2D eigenvalue weighted by Gasteiger charge is -2.29. The van der Waals surface area contributed by atoms with Gasteiger partial charge in [0, 0.05) is 78.0 Å². The van der Waals surface area contributed by atoms with Crippen molar-refractivity contribution in [3.63, 3.8) is 0 Å². The first-order chi connectivity index (χ1) is 18.6. The van der Waals surface area contributed by atoms with Gasteiger partial charge in [-0.1, -0.05) is 23.7 Å². The Bertz CT molecular complexity index is 1650. The largest absolute Gasteiger partial charge is 0.369 e. The zero-order valence-electron chi connectivity index (χ0n) is 20.8. The van der Waals surface area contributed by atoms with Gasteiger partial charge >= 0.3 is 0 Å². The van der Waals surface area contributed by atoms with Gasteiger partial charge in [0.05, 0.1) is 10.4 Å². The van der Waals surface area contributed by atoms with Gasteiger partial charge in [-0.05, 0) is 48.9 Å². The number of aromatic nitrogens is 4. The van der Waals surface area contributed by atoms with Gasteiger partial charge in [-0.25, -0.2) is 4.98 Å². The SMILES string of the molecule is CCn1c(=O)c(-c2ccc(-c3cncs3)cc2Cl)cc2cnc(Nc3ccc(N4CCNCC4)cc3)nc21. The normalized spacial score (nSPS) is 13.7. The summed E-state index contributed by atoms with van der Waals surface area (Å²) in [6.07, 6.45) is 3.55. The summed E-state index contributed by atoms with van der Waals surface area (Å²) in [5.74, 6) is 0.439. The van der Waals surface area contributed by atoms with Gasteiger partial charge in [-0.3, -0.25) is 14.3 Å². The first kappa shape index (κ1) is 24.5. The van der Waals surface area contributed by atoms with E-state index in [1.165, 1.54) is 5.69 Å². The van der Waals surface area contributed by atoms with Crippen LogP contribution >= 0.6 is 22.9 Å². The number of thiazole rings is 1. The fourth-order valence-electron chi connectivity index (χ4n) is 4.76. The molecule has 6 rings (SSSR count). The van der Waals surface area contributed by atoms with Crippen molar-refractivity contribution in [2.45, 2.75) is 13.5 Å². The highest BCUT2D eigenvalue weighted by molar-refractivity contribution is 7.13. The van der Waals surface area contributed by atoms with Crippen LogP contribution < -0.4 is 21.1 Å². The molecule has 3 aromatic heterocycles. The molecular weight excluding hydrogens is 518 g/mol. The first-order valence-electron chi connectivity index (χ1n) is 12.5. The van der Waals surface area contributed by atoms with E-state index < -0.39 is 0 Å². The molecule has 1 aliphatic rings. The predicted molar refractivity (Wildman–Crippen MR) is 156 cm³/mol. The van der Waals surface area contributed by atoms with Gasteiger partial charge in [0.25, 0.3) is 5.56 Å². The topological polar surface area (TPSA) is 88.0 Å². The molecule has 2 N–H and O–H groups in total. The van der Waals surface area contributed by atoms with E-state index >= 15 is 0 Å². The third kappa shape index (κ3) is 4.76. The van der Waals surface area contributed by atoms with Crippen LogP contribution in [0.25, 0.3) is 32.6 Å². The molecule has 2 aromatic carbocycles. The Morgan fingerprint density at radius 1 is 1.05 bits per heavy atom. The van der Waals surface area contributed by atoms with Gasteiger partial charge in [-0.15, -0.1) is 11.3 Å². The number of hydrogen-bond acceptors (Lipinski definition) is 8. The summed E-state index contributed by atoms with van der Waals surface area (Å²) < 4.78 is 1.67. The van der Waals surface area contributed by atoms with E-state index in [2.05, 4.69) is 37.6 Å². The van der Waals surface area contributed by atoms with Crippen molar-refractivity contribution in [3.8, 4) is 21.6 Å². The zero-order chi connectivity index (χ0) is 26.1. The number of fused-ring (bicyclic) bond motifs is 1. The predicted octanol–water partition coefficient (Wildman–Crippen LogP) is 5.41. The molecule has 1 aliphatic heterocycles. The maximum Gasteiger partial charge on any atom is 0.260 e. The van der Waals surface area contributed by atoms with E-state index in [0.717, 1.165) is 47.7 Å². The summed E-state index contributed by atoms with van der Waals surface area (Å²) in [4.78, 5) is 30.3. The molecule has 0 unspecified atom stereocenters. The Hall–Kier alpha value is -3.79. The fraction of sp³-hybridized carbons (Fsp3) is 0.214. The maximum atomic E-state index is 13.5. The smallest absolute Gasteiger partial charge is 0.260 e. The molecule has 0 bridgehead atoms. The maximum absolute atomic E-state index is 13.5. The molecule has 0 atom stereocenters. The second-order valence-electron chi connectivity index (χ2n) is 9.05. The number of piperazine rings is 1. The zero-order valence-corrected chi connectivity index (χ0v) is 22.4. The number of anilines is 3. The number of hydrogen-bond donors (Lipinski definition) is 2. The number of benzene rings is 2. The lowest BCUT2D eigenvalue weighted by Crippen LogP contribution is -2.43. The summed E-state index contributed by atoms with van der Waals surface area (Å²) in [5, 5.41) is 7.93. The molecule has 1 fully saturated rings. The summed E-state index contributed by atoms with van der Waals surface area (Å²) in [7, 11) is 0. The van der Waals surface area contributed by atoms with Crippen molar-refractivity contribution >= 4 is 51.3 Å². The minimum Gasteiger partial charge on any atom is -0.369 e. The van der Waals surface area contributed by atoms with Crippen LogP contribution in [0.5, 0.6) is 0 Å². The second-order valence-corrected chi connectivity index (χ2v) is 10.3. The summed E-state index contributed by atoms with van der Waals surface area (Å²) in [6, 6.07) is 15.8. The molecular formula is C28H26ClN7OS. The monoisotopic (exact) mass is 543 g/mol. The van der Waals surface area contributed by atoms with Crippen LogP contribution in [0.3, 0.4) is 0 Å². The fourth-order valence-corrected chi connectivity index (χ4v) is 5.66. The highest BCUT2D eigenvalue weighted by Crippen LogP contribution is 2.33. The van der Waals surface area contributed by atoms with Crippen molar-refractivity contribution in [1.29, 1.82) is 0 Å². The second kappa shape index (κ2) is 10.5. The van der Waals surface area contributed by atoms with Crippen molar-refractivity contribution in [3.05, 3.63) is 81.8 Å². The molecule has 192 valence electrons. The van der Waals surface area contributed by atoms with Crippen LogP contribution in [0, 0.1) is 0 Å².